The van der Waals surface area contributed by atoms with Crippen molar-refractivity contribution in [3.63, 3.8) is 0 Å². The van der Waals surface area contributed by atoms with Gasteiger partial charge in [-0.15, -0.1) is 0 Å². The standard InChI is InChI=1S/C20H31NO2SSi/c1-13(17(24)14-11-9-8-10-12-14)16-15(18(22)21-16)20(5,19(2,3)4)23-25(6)7/h8-13,15-16,25H,1-7H3,(H,21,22)/t13-,15-,16-,20-/m1/s1. The van der Waals surface area contributed by atoms with Crippen LogP contribution in [-0.4, -0.2) is 31.5 Å². The molecule has 138 valence electrons. The molecule has 1 aromatic carbocycles. The van der Waals surface area contributed by atoms with Crippen LogP contribution in [0.25, 0.3) is 0 Å². The molecule has 1 fully saturated rings. The van der Waals surface area contributed by atoms with Gasteiger partial charge in [0.2, 0.25) is 5.91 Å². The van der Waals surface area contributed by atoms with E-state index in [2.05, 4.69) is 53.0 Å². The van der Waals surface area contributed by atoms with Gasteiger partial charge in [0.1, 0.15) is 0 Å². The molecule has 25 heavy (non-hydrogen) atoms. The smallest absolute Gasteiger partial charge is 0.228 e. The SMILES string of the molecule is C[C@@H](C(=S)c1ccccc1)[C@H]1NC(=O)[C@@H]1[C@@](C)(O[SiH](C)C)C(C)(C)C. The van der Waals surface area contributed by atoms with Gasteiger partial charge in [0.25, 0.3) is 0 Å². The second-order valence-electron chi connectivity index (χ2n) is 8.55. The van der Waals surface area contributed by atoms with Gasteiger partial charge in [0, 0.05) is 10.8 Å². The van der Waals surface area contributed by atoms with Crippen molar-refractivity contribution in [2.45, 2.75) is 59.4 Å². The first kappa shape index (κ1) is 20.3. The van der Waals surface area contributed by atoms with Crippen LogP contribution in [0.5, 0.6) is 0 Å². The molecule has 0 saturated carbocycles. The normalized spacial score (nSPS) is 24.2. The molecule has 1 saturated heterocycles. The van der Waals surface area contributed by atoms with Crippen molar-refractivity contribution >= 4 is 32.0 Å². The van der Waals surface area contributed by atoms with Gasteiger partial charge in [-0.2, -0.15) is 0 Å². The van der Waals surface area contributed by atoms with Crippen LogP contribution in [0.15, 0.2) is 30.3 Å². The van der Waals surface area contributed by atoms with Crippen molar-refractivity contribution in [2.75, 3.05) is 0 Å². The molecule has 5 heteroatoms. The second kappa shape index (κ2) is 7.29. The summed E-state index contributed by atoms with van der Waals surface area (Å²) in [6, 6.07) is 10.1. The Hall–Kier alpha value is -1.04. The summed E-state index contributed by atoms with van der Waals surface area (Å²) >= 11 is 5.73. The molecule has 4 atom stereocenters. The summed E-state index contributed by atoms with van der Waals surface area (Å²) in [5, 5.41) is 3.10. The van der Waals surface area contributed by atoms with E-state index in [4.69, 9.17) is 16.6 Å². The Kier molecular flexibility index (Phi) is 5.91. The summed E-state index contributed by atoms with van der Waals surface area (Å²) in [6.45, 7) is 15.0. The average molecular weight is 378 g/mol. The highest BCUT2D eigenvalue weighted by molar-refractivity contribution is 7.80. The fraction of sp³-hybridized carbons (Fsp3) is 0.600. The van der Waals surface area contributed by atoms with Crippen molar-refractivity contribution in [3.05, 3.63) is 35.9 Å². The molecule has 1 aliphatic heterocycles. The highest BCUT2D eigenvalue weighted by Gasteiger charge is 2.58. The Morgan fingerprint density at radius 2 is 1.76 bits per heavy atom. The number of amides is 1. The highest BCUT2D eigenvalue weighted by atomic mass is 32.1. The molecule has 1 N–H and O–H groups in total. The molecule has 0 aromatic heterocycles. The third-order valence-electron chi connectivity index (χ3n) is 5.52. The summed E-state index contributed by atoms with van der Waals surface area (Å²) in [6.07, 6.45) is 0. The van der Waals surface area contributed by atoms with Crippen LogP contribution in [0.2, 0.25) is 13.1 Å². The Morgan fingerprint density at radius 3 is 2.20 bits per heavy atom. The predicted octanol–water partition coefficient (Wildman–Crippen LogP) is 3.96. The van der Waals surface area contributed by atoms with Gasteiger partial charge in [-0.05, 0) is 31.0 Å². The molecule has 3 nitrogen and oxygen atoms in total. The zero-order chi connectivity index (χ0) is 19.0. The zero-order valence-corrected chi connectivity index (χ0v) is 18.4. The van der Waals surface area contributed by atoms with E-state index < -0.39 is 14.6 Å². The van der Waals surface area contributed by atoms with Gasteiger partial charge in [0.05, 0.1) is 17.6 Å². The lowest BCUT2D eigenvalue weighted by molar-refractivity contribution is -0.160. The van der Waals surface area contributed by atoms with Crippen LogP contribution in [0.4, 0.5) is 0 Å². The minimum atomic E-state index is -1.31. The molecule has 0 bridgehead atoms. The van der Waals surface area contributed by atoms with E-state index >= 15 is 0 Å². The number of thiocarbonyl (C=S) groups is 1. The van der Waals surface area contributed by atoms with Gasteiger partial charge in [-0.25, -0.2) is 0 Å². The first-order chi connectivity index (χ1) is 11.5. The van der Waals surface area contributed by atoms with Crippen molar-refractivity contribution in [1.82, 2.24) is 5.32 Å². The van der Waals surface area contributed by atoms with Crippen LogP contribution < -0.4 is 5.32 Å². The van der Waals surface area contributed by atoms with E-state index in [1.54, 1.807) is 0 Å². The van der Waals surface area contributed by atoms with Gasteiger partial charge in [-0.3, -0.25) is 4.79 Å². The number of rotatable bonds is 6. The Bertz CT molecular complexity index is 641. The number of carbonyl (C=O) groups excluding carboxylic acids is 1. The van der Waals surface area contributed by atoms with Gasteiger partial charge < -0.3 is 9.74 Å². The lowest BCUT2D eigenvalue weighted by Gasteiger charge is -2.55. The van der Waals surface area contributed by atoms with Crippen molar-refractivity contribution < 1.29 is 9.22 Å². The Morgan fingerprint density at radius 1 is 1.20 bits per heavy atom. The summed E-state index contributed by atoms with van der Waals surface area (Å²) in [7, 11) is -1.31. The molecule has 2 rings (SSSR count). The molecule has 1 aromatic rings. The minimum absolute atomic E-state index is 0.0113. The third kappa shape index (κ3) is 3.88. The van der Waals surface area contributed by atoms with Crippen LogP contribution in [-0.2, 0) is 9.22 Å². The monoisotopic (exact) mass is 377 g/mol. The minimum Gasteiger partial charge on any atom is -0.414 e. The van der Waals surface area contributed by atoms with E-state index in [0.717, 1.165) is 10.4 Å². The van der Waals surface area contributed by atoms with E-state index in [9.17, 15) is 4.79 Å². The van der Waals surface area contributed by atoms with Crippen molar-refractivity contribution in [2.24, 2.45) is 17.3 Å². The van der Waals surface area contributed by atoms with E-state index in [1.165, 1.54) is 0 Å². The summed E-state index contributed by atoms with van der Waals surface area (Å²) in [5.74, 6) is -0.0157. The predicted molar refractivity (Wildman–Crippen MR) is 111 cm³/mol. The molecule has 1 aliphatic rings. The molecule has 0 aliphatic carbocycles. The lowest BCUT2D eigenvalue weighted by Crippen LogP contribution is -2.72. The number of nitrogens with one attached hydrogen (secondary N) is 1. The maximum Gasteiger partial charge on any atom is 0.228 e. The van der Waals surface area contributed by atoms with Crippen molar-refractivity contribution in [3.8, 4) is 0 Å². The molecule has 0 radical (unpaired) electrons. The highest BCUT2D eigenvalue weighted by Crippen LogP contribution is 2.46. The van der Waals surface area contributed by atoms with Crippen LogP contribution >= 0.6 is 12.2 Å². The van der Waals surface area contributed by atoms with Crippen LogP contribution in [0.3, 0.4) is 0 Å². The summed E-state index contributed by atoms with van der Waals surface area (Å²) < 4.78 is 6.48. The van der Waals surface area contributed by atoms with E-state index in [1.807, 2.05) is 30.3 Å². The molecule has 1 heterocycles. The fourth-order valence-corrected chi connectivity index (χ4v) is 5.41. The lowest BCUT2D eigenvalue weighted by atomic mass is 9.62. The topological polar surface area (TPSA) is 38.3 Å². The Balaban J connectivity index is 2.30. The third-order valence-corrected chi connectivity index (χ3v) is 7.09. The first-order valence-electron chi connectivity index (χ1n) is 9.06. The average Bonchev–Trinajstić information content (AvgIpc) is 2.50. The summed E-state index contributed by atoms with van der Waals surface area (Å²) in [5.41, 5.74) is 0.418. The van der Waals surface area contributed by atoms with E-state index in [-0.39, 0.29) is 29.2 Å². The molecule has 0 unspecified atom stereocenters. The quantitative estimate of drug-likeness (QED) is 0.353. The van der Waals surface area contributed by atoms with Gasteiger partial charge >= 0.3 is 0 Å². The molecular weight excluding hydrogens is 346 g/mol. The maximum atomic E-state index is 12.6. The zero-order valence-electron chi connectivity index (χ0n) is 16.4. The van der Waals surface area contributed by atoms with Crippen LogP contribution in [0.1, 0.15) is 40.2 Å². The number of β-lactam (4-membered cyclic amide) rings is 1. The largest absolute Gasteiger partial charge is 0.414 e. The molecule has 0 spiro atoms. The van der Waals surface area contributed by atoms with Gasteiger partial charge in [0.15, 0.2) is 9.04 Å². The number of carbonyl (C=O) groups is 1. The fourth-order valence-electron chi connectivity index (χ4n) is 3.65. The van der Waals surface area contributed by atoms with Crippen molar-refractivity contribution in [1.29, 1.82) is 0 Å². The van der Waals surface area contributed by atoms with Crippen LogP contribution in [0, 0.1) is 17.3 Å². The summed E-state index contributed by atoms with van der Waals surface area (Å²) in [4.78, 5) is 13.5. The number of hydrogen-bond donors (Lipinski definition) is 1. The molecular formula is C20H31NO2SSi. The Labute approximate surface area is 159 Å². The van der Waals surface area contributed by atoms with E-state index in [0.29, 0.717) is 0 Å². The first-order valence-corrected chi connectivity index (χ1v) is 12.3. The second-order valence-corrected chi connectivity index (χ2v) is 11.3. The molecule has 1 amide bonds. The number of hydrogen-bond acceptors (Lipinski definition) is 3. The maximum absolute atomic E-state index is 12.6. The number of benzene rings is 1. The van der Waals surface area contributed by atoms with Gasteiger partial charge in [-0.1, -0.05) is 70.2 Å².